The van der Waals surface area contributed by atoms with Crippen molar-refractivity contribution in [3.8, 4) is 0 Å². The summed E-state index contributed by atoms with van der Waals surface area (Å²) >= 11 is 0. The van der Waals surface area contributed by atoms with Gasteiger partial charge in [-0.25, -0.2) is 4.79 Å². The third kappa shape index (κ3) is 4.28. The molecule has 0 aliphatic rings. The van der Waals surface area contributed by atoms with Crippen LogP contribution in [0.1, 0.15) is 0 Å². The maximum absolute atomic E-state index is 10.4. The van der Waals surface area contributed by atoms with E-state index in [1.165, 1.54) is 0 Å². The highest BCUT2D eigenvalue weighted by atomic mass is 32.2. The number of hydrogen-bond donors (Lipinski definition) is 0. The first-order chi connectivity index (χ1) is 4.62. The molecule has 0 aromatic rings. The van der Waals surface area contributed by atoms with Crippen LogP contribution in [0.2, 0.25) is 0 Å². The van der Waals surface area contributed by atoms with E-state index < -0.39 is 10.1 Å². The van der Waals surface area contributed by atoms with Crippen LogP contribution in [0, 0.1) is 0 Å². The molecule has 0 N–H and O–H groups in total. The van der Waals surface area contributed by atoms with Crippen molar-refractivity contribution in [2.24, 2.45) is 0 Å². The average molecular weight is 167 g/mol. The van der Waals surface area contributed by atoms with Crippen LogP contribution in [-0.4, -0.2) is 34.4 Å². The highest BCUT2D eigenvalue weighted by molar-refractivity contribution is 7.86. The molecule has 6 heteroatoms. The van der Waals surface area contributed by atoms with E-state index in [1.807, 2.05) is 0 Å². The largest absolute Gasteiger partial charge is 0.456 e. The van der Waals surface area contributed by atoms with E-state index in [1.54, 1.807) is 0 Å². The zero-order valence-electron chi connectivity index (χ0n) is 5.36. The first-order valence-electron chi connectivity index (χ1n) is 2.39. The van der Waals surface area contributed by atoms with E-state index in [0.717, 1.165) is 13.6 Å². The first kappa shape index (κ1) is 9.38. The van der Waals surface area contributed by atoms with Gasteiger partial charge < -0.3 is 4.74 Å². The Bertz CT molecular complexity index is 182. The lowest BCUT2D eigenvalue weighted by Gasteiger charge is -1.97. The molecule has 0 aliphatic carbocycles. The standard InChI is InChI=1S/C4H7O5S/c1-8-10(6,7)3-2-9-4-5/h2-3H2,1H3. The zero-order valence-corrected chi connectivity index (χ0v) is 6.18. The van der Waals surface area contributed by atoms with E-state index in [9.17, 15) is 13.2 Å². The number of carbonyl (C=O) groups excluding carboxylic acids is 1. The minimum absolute atomic E-state index is 0.223. The van der Waals surface area contributed by atoms with Gasteiger partial charge in [-0.3, -0.25) is 4.18 Å². The minimum Gasteiger partial charge on any atom is -0.456 e. The Morgan fingerprint density at radius 2 is 2.10 bits per heavy atom. The van der Waals surface area contributed by atoms with Gasteiger partial charge in [0, 0.05) is 0 Å². The molecule has 5 nitrogen and oxygen atoms in total. The second-order valence-corrected chi connectivity index (χ2v) is 3.22. The minimum atomic E-state index is -3.50. The Morgan fingerprint density at radius 1 is 1.50 bits per heavy atom. The van der Waals surface area contributed by atoms with Crippen LogP contribution in [-0.2, 0) is 23.8 Å². The topological polar surface area (TPSA) is 69.7 Å². The fourth-order valence-electron chi connectivity index (χ4n) is 0.269. The summed E-state index contributed by atoms with van der Waals surface area (Å²) < 4.78 is 28.9. The molecular formula is C4H7O5S. The van der Waals surface area contributed by atoms with Crippen molar-refractivity contribution in [1.29, 1.82) is 0 Å². The second kappa shape index (κ2) is 4.24. The van der Waals surface area contributed by atoms with Gasteiger partial charge in [0.25, 0.3) is 10.1 Å². The second-order valence-electron chi connectivity index (χ2n) is 1.36. The lowest BCUT2D eigenvalue weighted by molar-refractivity contribution is 0.291. The number of rotatable bonds is 5. The van der Waals surface area contributed by atoms with Crippen molar-refractivity contribution in [2.45, 2.75) is 0 Å². The smallest absolute Gasteiger partial charge is 0.417 e. The van der Waals surface area contributed by atoms with Crippen LogP contribution in [0.5, 0.6) is 0 Å². The lowest BCUT2D eigenvalue weighted by atomic mass is 10.9. The quantitative estimate of drug-likeness (QED) is 0.390. The summed E-state index contributed by atoms with van der Waals surface area (Å²) in [6.45, 7) is 0.872. The van der Waals surface area contributed by atoms with Crippen LogP contribution < -0.4 is 0 Å². The Hall–Kier alpha value is -0.620. The summed E-state index contributed by atoms with van der Waals surface area (Å²) in [4.78, 5) is 9.40. The SMILES string of the molecule is COS(=O)(=O)CCO[C]=O. The molecule has 59 valence electrons. The van der Waals surface area contributed by atoms with Gasteiger partial charge in [0.1, 0.15) is 12.4 Å². The zero-order chi connectivity index (χ0) is 8.04. The third-order valence-corrected chi connectivity index (χ3v) is 1.92. The Labute approximate surface area is 59.1 Å². The molecule has 0 spiro atoms. The van der Waals surface area contributed by atoms with E-state index in [2.05, 4.69) is 8.92 Å². The summed E-state index contributed by atoms with van der Waals surface area (Å²) in [5, 5.41) is 0. The molecule has 0 aromatic carbocycles. The van der Waals surface area contributed by atoms with Gasteiger partial charge in [-0.2, -0.15) is 8.42 Å². The van der Waals surface area contributed by atoms with Crippen molar-refractivity contribution < 1.29 is 22.1 Å². The Morgan fingerprint density at radius 3 is 2.50 bits per heavy atom. The van der Waals surface area contributed by atoms with Crippen LogP contribution in [0.3, 0.4) is 0 Å². The third-order valence-electron chi connectivity index (χ3n) is 0.748. The van der Waals surface area contributed by atoms with Crippen molar-refractivity contribution >= 4 is 16.6 Å². The highest BCUT2D eigenvalue weighted by Gasteiger charge is 2.07. The van der Waals surface area contributed by atoms with Gasteiger partial charge in [-0.15, -0.1) is 0 Å². The predicted octanol–water partition coefficient (Wildman–Crippen LogP) is -0.954. The van der Waals surface area contributed by atoms with E-state index in [-0.39, 0.29) is 12.4 Å². The van der Waals surface area contributed by atoms with Crippen molar-refractivity contribution in [3.63, 3.8) is 0 Å². The van der Waals surface area contributed by atoms with Gasteiger partial charge in [-0.1, -0.05) is 0 Å². The molecule has 0 rings (SSSR count). The normalized spacial score (nSPS) is 10.9. The molecular weight excluding hydrogens is 160 g/mol. The molecule has 1 radical (unpaired) electrons. The molecule has 0 amide bonds. The van der Waals surface area contributed by atoms with Crippen LogP contribution in [0.4, 0.5) is 0 Å². The molecule has 0 fully saturated rings. The van der Waals surface area contributed by atoms with Crippen molar-refractivity contribution in [2.75, 3.05) is 19.5 Å². The fraction of sp³-hybridized carbons (Fsp3) is 0.750. The van der Waals surface area contributed by atoms with Gasteiger partial charge in [0.2, 0.25) is 0 Å². The van der Waals surface area contributed by atoms with E-state index in [0.29, 0.717) is 0 Å². The molecule has 0 heterocycles. The number of ether oxygens (including phenoxy) is 1. The highest BCUT2D eigenvalue weighted by Crippen LogP contribution is 1.88. The van der Waals surface area contributed by atoms with Crippen LogP contribution in [0.15, 0.2) is 0 Å². The molecule has 0 aliphatic heterocycles. The monoisotopic (exact) mass is 167 g/mol. The molecule has 0 saturated carbocycles. The first-order valence-corrected chi connectivity index (χ1v) is 3.97. The lowest BCUT2D eigenvalue weighted by Crippen LogP contribution is -2.12. The fourth-order valence-corrected chi connectivity index (χ4v) is 0.723. The van der Waals surface area contributed by atoms with Gasteiger partial charge in [-0.05, 0) is 0 Å². The molecule has 0 aromatic heterocycles. The molecule has 0 bridgehead atoms. The Kier molecular flexibility index (Phi) is 3.97. The van der Waals surface area contributed by atoms with E-state index in [4.69, 9.17) is 0 Å². The predicted molar refractivity (Wildman–Crippen MR) is 32.4 cm³/mol. The van der Waals surface area contributed by atoms with Gasteiger partial charge in [0.05, 0.1) is 7.11 Å². The van der Waals surface area contributed by atoms with E-state index >= 15 is 0 Å². The van der Waals surface area contributed by atoms with Crippen molar-refractivity contribution in [3.05, 3.63) is 0 Å². The molecule has 0 atom stereocenters. The molecule has 0 saturated heterocycles. The van der Waals surface area contributed by atoms with Gasteiger partial charge >= 0.3 is 6.47 Å². The number of hydrogen-bond acceptors (Lipinski definition) is 5. The Balaban J connectivity index is 3.58. The van der Waals surface area contributed by atoms with Gasteiger partial charge in [0.15, 0.2) is 0 Å². The summed E-state index contributed by atoms with van der Waals surface area (Å²) in [5.41, 5.74) is 0. The van der Waals surface area contributed by atoms with Crippen LogP contribution in [0.25, 0.3) is 0 Å². The summed E-state index contributed by atoms with van der Waals surface area (Å²) in [6, 6.07) is 0. The van der Waals surface area contributed by atoms with Crippen LogP contribution >= 0.6 is 0 Å². The summed E-state index contributed by atoms with van der Waals surface area (Å²) in [7, 11) is -2.45. The summed E-state index contributed by atoms with van der Waals surface area (Å²) in [5.74, 6) is -0.335. The summed E-state index contributed by atoms with van der Waals surface area (Å²) in [6.07, 6.45) is 0. The molecule has 10 heavy (non-hydrogen) atoms. The maximum atomic E-state index is 10.4. The molecule has 0 unspecified atom stereocenters. The average Bonchev–Trinajstić information content (AvgIpc) is 1.89. The maximum Gasteiger partial charge on any atom is 0.417 e. The van der Waals surface area contributed by atoms with Crippen molar-refractivity contribution in [1.82, 2.24) is 0 Å².